The minimum atomic E-state index is -0.225. The van der Waals surface area contributed by atoms with Gasteiger partial charge in [-0.05, 0) is 32.0 Å². The lowest BCUT2D eigenvalue weighted by Gasteiger charge is -2.27. The summed E-state index contributed by atoms with van der Waals surface area (Å²) in [4.78, 5) is 4.19. The molecule has 0 spiro atoms. The largest absolute Gasteiger partial charge is 0.328 e. The van der Waals surface area contributed by atoms with Crippen molar-refractivity contribution in [1.29, 1.82) is 0 Å². The number of halogens is 2. The molecule has 0 aliphatic carbocycles. The zero-order valence-corrected chi connectivity index (χ0v) is 11.8. The van der Waals surface area contributed by atoms with Crippen molar-refractivity contribution in [3.05, 3.63) is 40.8 Å². The summed E-state index contributed by atoms with van der Waals surface area (Å²) in [5.74, 6) is 0. The molecule has 0 atom stereocenters. The highest BCUT2D eigenvalue weighted by atomic mass is 35.5. The Hall–Kier alpha value is -1.03. The summed E-state index contributed by atoms with van der Waals surface area (Å²) in [6, 6.07) is 5.39. The molecule has 0 bridgehead atoms. The fourth-order valence-corrected chi connectivity index (χ4v) is 2.16. The maximum absolute atomic E-state index is 6.22. The number of nitrogens with zero attached hydrogens (tertiary/aromatic N) is 2. The number of hydrogen-bond donors (Lipinski definition) is 1. The summed E-state index contributed by atoms with van der Waals surface area (Å²) >= 11 is 12.2. The average Bonchev–Trinajstić information content (AvgIpc) is 2.82. The molecule has 0 aliphatic rings. The van der Waals surface area contributed by atoms with E-state index in [-0.39, 0.29) is 5.54 Å². The van der Waals surface area contributed by atoms with Crippen LogP contribution in [0.15, 0.2) is 30.7 Å². The molecule has 5 heteroatoms. The fourth-order valence-electron chi connectivity index (χ4n) is 1.77. The van der Waals surface area contributed by atoms with Crippen LogP contribution in [0, 0.1) is 0 Å². The average molecular weight is 284 g/mol. The van der Waals surface area contributed by atoms with E-state index in [1.807, 2.05) is 10.6 Å². The molecule has 1 heterocycles. The van der Waals surface area contributed by atoms with Gasteiger partial charge >= 0.3 is 0 Å². The Labute approximate surface area is 117 Å². The Bertz CT molecular complexity index is 561. The molecule has 0 amide bonds. The van der Waals surface area contributed by atoms with Crippen LogP contribution in [0.4, 0.5) is 0 Å². The van der Waals surface area contributed by atoms with Gasteiger partial charge in [0.25, 0.3) is 0 Å². The van der Waals surface area contributed by atoms with Crippen LogP contribution >= 0.6 is 23.2 Å². The molecule has 0 radical (unpaired) electrons. The van der Waals surface area contributed by atoms with Crippen LogP contribution in [-0.2, 0) is 5.54 Å². The summed E-state index contributed by atoms with van der Waals surface area (Å²) in [6.07, 6.45) is 3.54. The lowest BCUT2D eigenvalue weighted by molar-refractivity contribution is 0.370. The molecular formula is C13H15Cl2N3. The second kappa shape index (κ2) is 4.92. The van der Waals surface area contributed by atoms with E-state index in [1.54, 1.807) is 24.7 Å². The molecule has 1 aromatic heterocycles. The van der Waals surface area contributed by atoms with E-state index in [0.717, 1.165) is 11.3 Å². The van der Waals surface area contributed by atoms with Gasteiger partial charge in [0.15, 0.2) is 0 Å². The third-order valence-electron chi connectivity index (χ3n) is 2.99. The Kier molecular flexibility index (Phi) is 3.66. The van der Waals surface area contributed by atoms with Crippen LogP contribution in [-0.4, -0.2) is 16.1 Å². The van der Waals surface area contributed by atoms with E-state index in [9.17, 15) is 0 Å². The summed E-state index contributed by atoms with van der Waals surface area (Å²) in [6.45, 7) is 4.61. The molecule has 1 aromatic carbocycles. The second-order valence-electron chi connectivity index (χ2n) is 4.79. The van der Waals surface area contributed by atoms with E-state index in [0.29, 0.717) is 16.6 Å². The van der Waals surface area contributed by atoms with Crippen molar-refractivity contribution in [3.63, 3.8) is 0 Å². The molecule has 2 rings (SSSR count). The van der Waals surface area contributed by atoms with Crippen molar-refractivity contribution in [2.45, 2.75) is 19.4 Å². The van der Waals surface area contributed by atoms with Crippen LogP contribution in [0.2, 0.25) is 10.0 Å². The first-order chi connectivity index (χ1) is 8.45. The number of imidazole rings is 1. The van der Waals surface area contributed by atoms with Gasteiger partial charge in [0.2, 0.25) is 0 Å². The maximum Gasteiger partial charge on any atom is 0.0956 e. The predicted octanol–water partition coefficient (Wildman–Crippen LogP) is 3.55. The van der Waals surface area contributed by atoms with Crippen LogP contribution in [0.25, 0.3) is 11.3 Å². The highest BCUT2D eigenvalue weighted by Crippen LogP contribution is 2.32. The Morgan fingerprint density at radius 3 is 2.72 bits per heavy atom. The highest BCUT2D eigenvalue weighted by molar-refractivity contribution is 6.35. The van der Waals surface area contributed by atoms with Crippen molar-refractivity contribution < 1.29 is 0 Å². The second-order valence-corrected chi connectivity index (χ2v) is 5.63. The minimum Gasteiger partial charge on any atom is -0.328 e. The van der Waals surface area contributed by atoms with Gasteiger partial charge in [0.1, 0.15) is 0 Å². The summed E-state index contributed by atoms with van der Waals surface area (Å²) in [5.41, 5.74) is 7.36. The number of rotatable bonds is 3. The van der Waals surface area contributed by atoms with Crippen LogP contribution in [0.3, 0.4) is 0 Å². The molecule has 96 valence electrons. The Balaban J connectivity index is 2.59. The lowest BCUT2D eigenvalue weighted by Crippen LogP contribution is -2.34. The summed E-state index contributed by atoms with van der Waals surface area (Å²) in [5, 5.41) is 1.29. The fraction of sp³-hybridized carbons (Fsp3) is 0.308. The van der Waals surface area contributed by atoms with Crippen molar-refractivity contribution >= 4 is 23.2 Å². The molecule has 0 unspecified atom stereocenters. The predicted molar refractivity (Wildman–Crippen MR) is 76.1 cm³/mol. The molecule has 0 saturated carbocycles. The number of hydrogen-bond acceptors (Lipinski definition) is 2. The topological polar surface area (TPSA) is 43.8 Å². The van der Waals surface area contributed by atoms with Gasteiger partial charge in [-0.15, -0.1) is 0 Å². The van der Waals surface area contributed by atoms with Crippen molar-refractivity contribution in [2.75, 3.05) is 6.54 Å². The number of benzene rings is 1. The van der Waals surface area contributed by atoms with Gasteiger partial charge in [-0.3, -0.25) is 0 Å². The Morgan fingerprint density at radius 2 is 2.06 bits per heavy atom. The van der Waals surface area contributed by atoms with Gasteiger partial charge in [0, 0.05) is 17.1 Å². The van der Waals surface area contributed by atoms with E-state index < -0.39 is 0 Å². The first-order valence-corrected chi connectivity index (χ1v) is 6.39. The lowest BCUT2D eigenvalue weighted by atomic mass is 10.0. The smallest absolute Gasteiger partial charge is 0.0956 e. The molecule has 0 fully saturated rings. The zero-order valence-electron chi connectivity index (χ0n) is 10.3. The van der Waals surface area contributed by atoms with Gasteiger partial charge in [-0.25, -0.2) is 4.98 Å². The van der Waals surface area contributed by atoms with Gasteiger partial charge < -0.3 is 10.3 Å². The van der Waals surface area contributed by atoms with Crippen molar-refractivity contribution in [2.24, 2.45) is 5.73 Å². The third-order valence-corrected chi connectivity index (χ3v) is 3.56. The van der Waals surface area contributed by atoms with Crippen LogP contribution in [0.1, 0.15) is 13.8 Å². The summed E-state index contributed by atoms with van der Waals surface area (Å²) in [7, 11) is 0. The highest BCUT2D eigenvalue weighted by Gasteiger charge is 2.22. The van der Waals surface area contributed by atoms with Gasteiger partial charge in [-0.2, -0.15) is 0 Å². The van der Waals surface area contributed by atoms with Gasteiger partial charge in [-0.1, -0.05) is 23.2 Å². The Morgan fingerprint density at radius 1 is 1.33 bits per heavy atom. The molecule has 3 nitrogen and oxygen atoms in total. The molecule has 2 N–H and O–H groups in total. The third kappa shape index (κ3) is 2.39. The number of aromatic nitrogens is 2. The van der Waals surface area contributed by atoms with Crippen LogP contribution < -0.4 is 5.73 Å². The van der Waals surface area contributed by atoms with Crippen LogP contribution in [0.5, 0.6) is 0 Å². The maximum atomic E-state index is 6.22. The SMILES string of the molecule is CC(C)(CN)n1cncc1-c1cc(Cl)ccc1Cl. The first kappa shape index (κ1) is 13.4. The monoisotopic (exact) mass is 283 g/mol. The van der Waals surface area contributed by atoms with Gasteiger partial charge in [0.05, 0.1) is 28.8 Å². The van der Waals surface area contributed by atoms with E-state index in [1.165, 1.54) is 0 Å². The van der Waals surface area contributed by atoms with E-state index >= 15 is 0 Å². The van der Waals surface area contributed by atoms with Crippen molar-refractivity contribution in [3.8, 4) is 11.3 Å². The molecule has 0 aliphatic heterocycles. The molecular weight excluding hydrogens is 269 g/mol. The minimum absolute atomic E-state index is 0.225. The zero-order chi connectivity index (χ0) is 13.3. The first-order valence-electron chi connectivity index (χ1n) is 5.64. The van der Waals surface area contributed by atoms with Crippen molar-refractivity contribution in [1.82, 2.24) is 9.55 Å². The number of nitrogens with two attached hydrogens (primary N) is 1. The summed E-state index contributed by atoms with van der Waals surface area (Å²) < 4.78 is 2.02. The molecule has 0 saturated heterocycles. The van der Waals surface area contributed by atoms with E-state index in [2.05, 4.69) is 18.8 Å². The normalized spacial score (nSPS) is 11.8. The standard InChI is InChI=1S/C13H15Cl2N3/c1-13(2,7-16)18-8-17-6-12(18)10-5-9(14)3-4-11(10)15/h3-6,8H,7,16H2,1-2H3. The quantitative estimate of drug-likeness (QED) is 0.936. The van der Waals surface area contributed by atoms with E-state index in [4.69, 9.17) is 28.9 Å². The molecule has 18 heavy (non-hydrogen) atoms. The molecule has 2 aromatic rings.